The van der Waals surface area contributed by atoms with Crippen molar-refractivity contribution in [2.45, 2.75) is 38.8 Å². The molecule has 0 radical (unpaired) electrons. The van der Waals surface area contributed by atoms with Gasteiger partial charge in [0.25, 0.3) is 0 Å². The summed E-state index contributed by atoms with van der Waals surface area (Å²) >= 11 is 0. The second kappa shape index (κ2) is 5.71. The van der Waals surface area contributed by atoms with Gasteiger partial charge in [0.05, 0.1) is 12.3 Å². The van der Waals surface area contributed by atoms with Gasteiger partial charge in [0.1, 0.15) is 5.54 Å². The number of amides is 1. The number of ether oxygens (including phenoxy) is 1. The second-order valence-electron chi connectivity index (χ2n) is 5.22. The molecule has 106 valence electrons. The molecule has 1 unspecified atom stereocenters. The normalized spacial score (nSPS) is 22.7. The molecule has 1 aliphatic rings. The van der Waals surface area contributed by atoms with Crippen molar-refractivity contribution in [3.63, 3.8) is 0 Å². The van der Waals surface area contributed by atoms with E-state index < -0.39 is 5.54 Å². The minimum atomic E-state index is -0.835. The van der Waals surface area contributed by atoms with Gasteiger partial charge in [-0.1, -0.05) is 0 Å². The summed E-state index contributed by atoms with van der Waals surface area (Å²) in [6, 6.07) is 2.04. The van der Waals surface area contributed by atoms with Crippen LogP contribution in [0.15, 0.2) is 6.07 Å². The van der Waals surface area contributed by atoms with Gasteiger partial charge >= 0.3 is 0 Å². The van der Waals surface area contributed by atoms with Crippen LogP contribution in [0.5, 0.6) is 0 Å². The van der Waals surface area contributed by atoms with E-state index in [0.717, 1.165) is 24.4 Å². The Morgan fingerprint density at radius 3 is 3.00 bits per heavy atom. The molecular weight excluding hydrogens is 244 g/mol. The maximum absolute atomic E-state index is 11.9. The lowest BCUT2D eigenvalue weighted by Gasteiger charge is -2.20. The molecular formula is C13H22N4O2. The number of rotatable bonds is 5. The van der Waals surface area contributed by atoms with Gasteiger partial charge in [-0.05, 0) is 32.8 Å². The van der Waals surface area contributed by atoms with Crippen LogP contribution in [0.25, 0.3) is 0 Å². The van der Waals surface area contributed by atoms with Crippen LogP contribution >= 0.6 is 0 Å². The Morgan fingerprint density at radius 1 is 1.63 bits per heavy atom. The van der Waals surface area contributed by atoms with Crippen molar-refractivity contribution < 1.29 is 9.53 Å². The third-order valence-electron chi connectivity index (χ3n) is 3.44. The van der Waals surface area contributed by atoms with Gasteiger partial charge < -0.3 is 15.8 Å². The monoisotopic (exact) mass is 266 g/mol. The van der Waals surface area contributed by atoms with Crippen LogP contribution in [0.4, 0.5) is 0 Å². The average Bonchev–Trinajstić information content (AvgIpc) is 2.92. The summed E-state index contributed by atoms with van der Waals surface area (Å²) in [6.07, 6.45) is 1.43. The minimum absolute atomic E-state index is 0.113. The lowest BCUT2D eigenvalue weighted by molar-refractivity contribution is -0.126. The topological polar surface area (TPSA) is 82.2 Å². The zero-order chi connectivity index (χ0) is 13.9. The number of carbonyl (C=O) groups is 1. The molecule has 0 saturated carbocycles. The van der Waals surface area contributed by atoms with Crippen molar-refractivity contribution in [1.82, 2.24) is 15.1 Å². The predicted molar refractivity (Wildman–Crippen MR) is 71.7 cm³/mol. The zero-order valence-corrected chi connectivity index (χ0v) is 11.6. The van der Waals surface area contributed by atoms with Crippen LogP contribution in [-0.4, -0.2) is 41.0 Å². The molecule has 1 aromatic heterocycles. The van der Waals surface area contributed by atoms with Crippen molar-refractivity contribution >= 4 is 5.91 Å². The first-order valence-electron chi connectivity index (χ1n) is 6.67. The lowest BCUT2D eigenvalue weighted by Crippen LogP contribution is -2.54. The van der Waals surface area contributed by atoms with Crippen LogP contribution in [0.1, 0.15) is 24.2 Å². The number of aromatic nitrogens is 2. The number of carbonyl (C=O) groups excluding carboxylic acids is 1. The molecule has 1 aromatic rings. The van der Waals surface area contributed by atoms with Gasteiger partial charge in [-0.25, -0.2) is 0 Å². The van der Waals surface area contributed by atoms with E-state index in [-0.39, 0.29) is 5.91 Å². The highest BCUT2D eigenvalue weighted by Gasteiger charge is 2.37. The summed E-state index contributed by atoms with van der Waals surface area (Å²) in [4.78, 5) is 11.9. The molecule has 2 heterocycles. The molecule has 0 spiro atoms. The Kier molecular flexibility index (Phi) is 4.21. The summed E-state index contributed by atoms with van der Waals surface area (Å²) in [7, 11) is 0. The summed E-state index contributed by atoms with van der Waals surface area (Å²) in [6.45, 7) is 6.29. The zero-order valence-electron chi connectivity index (χ0n) is 11.6. The van der Waals surface area contributed by atoms with E-state index in [0.29, 0.717) is 26.2 Å². The molecule has 0 aliphatic carbocycles. The molecule has 6 heteroatoms. The number of hydrogen-bond acceptors (Lipinski definition) is 4. The summed E-state index contributed by atoms with van der Waals surface area (Å²) in [5.74, 6) is -0.113. The molecule has 0 aromatic carbocycles. The van der Waals surface area contributed by atoms with Gasteiger partial charge in [-0.3, -0.25) is 9.48 Å². The number of nitrogens with one attached hydrogen (secondary N) is 1. The maximum atomic E-state index is 11.9. The number of aryl methyl sites for hydroxylation is 3. The Labute approximate surface area is 113 Å². The molecule has 1 saturated heterocycles. The number of nitrogens with zero attached hydrogens (tertiary/aromatic N) is 2. The standard InChI is InChI=1S/C13H22N4O2/c1-10-8-11(2)17(16-10)6-3-5-15-12(18)13(14)4-7-19-9-13/h8H,3-7,9,14H2,1-2H3,(H,15,18). The molecule has 2 rings (SSSR count). The molecule has 0 bridgehead atoms. The van der Waals surface area contributed by atoms with E-state index in [9.17, 15) is 4.79 Å². The van der Waals surface area contributed by atoms with Gasteiger partial charge in [0.15, 0.2) is 0 Å². The highest BCUT2D eigenvalue weighted by atomic mass is 16.5. The van der Waals surface area contributed by atoms with Gasteiger partial charge in [0, 0.05) is 25.4 Å². The molecule has 1 fully saturated rings. The van der Waals surface area contributed by atoms with Crippen molar-refractivity contribution in [3.05, 3.63) is 17.5 Å². The summed E-state index contributed by atoms with van der Waals surface area (Å²) < 4.78 is 7.13. The first kappa shape index (κ1) is 14.0. The number of nitrogens with two attached hydrogens (primary N) is 1. The van der Waals surface area contributed by atoms with E-state index in [2.05, 4.69) is 10.4 Å². The molecule has 1 aliphatic heterocycles. The Hall–Kier alpha value is -1.40. The van der Waals surface area contributed by atoms with Crippen LogP contribution in [0, 0.1) is 13.8 Å². The van der Waals surface area contributed by atoms with Crippen LogP contribution in [-0.2, 0) is 16.1 Å². The predicted octanol–water partition coefficient (Wildman–Crippen LogP) is 0.124. The van der Waals surface area contributed by atoms with Crippen molar-refractivity contribution in [2.24, 2.45) is 5.73 Å². The Morgan fingerprint density at radius 2 is 2.42 bits per heavy atom. The molecule has 1 atom stereocenters. The summed E-state index contributed by atoms with van der Waals surface area (Å²) in [5, 5.41) is 7.25. The molecule has 3 N–H and O–H groups in total. The fourth-order valence-corrected chi connectivity index (χ4v) is 2.27. The highest BCUT2D eigenvalue weighted by molar-refractivity contribution is 5.86. The van der Waals surface area contributed by atoms with E-state index >= 15 is 0 Å². The van der Waals surface area contributed by atoms with Crippen LogP contribution < -0.4 is 11.1 Å². The molecule has 1 amide bonds. The maximum Gasteiger partial charge on any atom is 0.242 e. The highest BCUT2D eigenvalue weighted by Crippen LogP contribution is 2.15. The summed E-state index contributed by atoms with van der Waals surface area (Å²) in [5.41, 5.74) is 7.29. The lowest BCUT2D eigenvalue weighted by atomic mass is 9.99. The Bertz CT molecular complexity index is 449. The second-order valence-corrected chi connectivity index (χ2v) is 5.22. The third kappa shape index (κ3) is 3.33. The van der Waals surface area contributed by atoms with Gasteiger partial charge in [-0.15, -0.1) is 0 Å². The van der Waals surface area contributed by atoms with Gasteiger partial charge in [0.2, 0.25) is 5.91 Å². The quantitative estimate of drug-likeness (QED) is 0.742. The largest absolute Gasteiger partial charge is 0.379 e. The first-order valence-corrected chi connectivity index (χ1v) is 6.67. The van der Waals surface area contributed by atoms with E-state index in [1.54, 1.807) is 0 Å². The van der Waals surface area contributed by atoms with Crippen molar-refractivity contribution in [1.29, 1.82) is 0 Å². The van der Waals surface area contributed by atoms with Gasteiger partial charge in [-0.2, -0.15) is 5.10 Å². The SMILES string of the molecule is Cc1cc(C)n(CCCNC(=O)C2(N)CCOC2)n1. The first-order chi connectivity index (χ1) is 9.01. The Balaban J connectivity index is 1.72. The minimum Gasteiger partial charge on any atom is -0.379 e. The van der Waals surface area contributed by atoms with E-state index in [4.69, 9.17) is 10.5 Å². The van der Waals surface area contributed by atoms with Crippen molar-refractivity contribution in [3.8, 4) is 0 Å². The average molecular weight is 266 g/mol. The molecule has 6 nitrogen and oxygen atoms in total. The van der Waals surface area contributed by atoms with E-state index in [1.807, 2.05) is 24.6 Å². The molecule has 19 heavy (non-hydrogen) atoms. The van der Waals surface area contributed by atoms with Crippen LogP contribution in [0.2, 0.25) is 0 Å². The smallest absolute Gasteiger partial charge is 0.242 e. The third-order valence-corrected chi connectivity index (χ3v) is 3.44. The van der Waals surface area contributed by atoms with Crippen molar-refractivity contribution in [2.75, 3.05) is 19.8 Å². The number of hydrogen-bond donors (Lipinski definition) is 2. The van der Waals surface area contributed by atoms with Crippen LogP contribution in [0.3, 0.4) is 0 Å². The van der Waals surface area contributed by atoms with E-state index in [1.165, 1.54) is 0 Å². The fraction of sp³-hybridized carbons (Fsp3) is 0.692. The fourth-order valence-electron chi connectivity index (χ4n) is 2.27.